The number of fused-ring (bicyclic) bond motifs is 3. The Morgan fingerprint density at radius 3 is 2.57 bits per heavy atom. The second-order valence-corrected chi connectivity index (χ2v) is 8.58. The molecule has 3 aromatic rings. The molecule has 28 heavy (non-hydrogen) atoms. The Labute approximate surface area is 165 Å². The monoisotopic (exact) mass is 427 g/mol. The largest absolute Gasteiger partial charge is 0.493 e. The Morgan fingerprint density at radius 1 is 1.36 bits per heavy atom. The first kappa shape index (κ1) is 21.8. The van der Waals surface area contributed by atoms with Gasteiger partial charge in [-0.15, -0.1) is 11.3 Å². The number of methoxy groups -OCH3 is 1. The number of hydrogen-bond donors (Lipinski definition) is 4. The van der Waals surface area contributed by atoms with E-state index < -0.39 is 16.1 Å². The summed E-state index contributed by atoms with van der Waals surface area (Å²) in [5.41, 5.74) is 7.19. The van der Waals surface area contributed by atoms with Crippen molar-refractivity contribution in [2.24, 2.45) is 5.73 Å². The summed E-state index contributed by atoms with van der Waals surface area (Å²) in [5, 5.41) is 14.6. The minimum atomic E-state index is -3.67. The molecule has 0 fully saturated rings. The molecule has 0 saturated heterocycles. The SMILES string of the molecule is COC(=O)c1sc2ccc3nc(O)ccc3c2c1NCC(C)N.CS(=O)(=O)O. The zero-order valence-electron chi connectivity index (χ0n) is 15.5. The molecule has 1 aromatic carbocycles. The number of hydrogen-bond acceptors (Lipinski definition) is 9. The summed E-state index contributed by atoms with van der Waals surface area (Å²) in [4.78, 5) is 16.7. The zero-order chi connectivity index (χ0) is 21.1. The molecule has 0 aliphatic rings. The first-order chi connectivity index (χ1) is 13.0. The highest BCUT2D eigenvalue weighted by Gasteiger charge is 2.21. The second kappa shape index (κ2) is 8.69. The molecule has 1 atom stereocenters. The topological polar surface area (TPSA) is 152 Å². The average molecular weight is 428 g/mol. The van der Waals surface area contributed by atoms with Crippen LogP contribution in [-0.4, -0.2) is 55.0 Å². The lowest BCUT2D eigenvalue weighted by Crippen LogP contribution is -2.25. The number of rotatable bonds is 4. The van der Waals surface area contributed by atoms with Gasteiger partial charge >= 0.3 is 5.97 Å². The van der Waals surface area contributed by atoms with E-state index in [4.69, 9.17) is 15.0 Å². The molecular weight excluding hydrogens is 406 g/mol. The summed E-state index contributed by atoms with van der Waals surface area (Å²) in [6, 6.07) is 6.98. The van der Waals surface area contributed by atoms with Crippen LogP contribution in [0.15, 0.2) is 24.3 Å². The predicted molar refractivity (Wildman–Crippen MR) is 110 cm³/mol. The highest BCUT2D eigenvalue weighted by molar-refractivity contribution is 7.85. The number of anilines is 1. The average Bonchev–Trinajstić information content (AvgIpc) is 2.96. The summed E-state index contributed by atoms with van der Waals surface area (Å²) in [6.07, 6.45) is 0.715. The standard InChI is InChI=1S/C16H17N3O3S.CH4O3S/c1-8(17)7-18-14-13-9-3-6-12(20)19-10(9)4-5-11(13)23-15(14)16(21)22-2;1-5(2,3)4/h3-6,8,18H,7,17H2,1-2H3,(H,19,20);1H3,(H,2,3,4). The summed E-state index contributed by atoms with van der Waals surface area (Å²) in [6.45, 7) is 2.41. The zero-order valence-corrected chi connectivity index (χ0v) is 17.1. The Morgan fingerprint density at radius 2 is 2.00 bits per heavy atom. The van der Waals surface area contributed by atoms with Crippen molar-refractivity contribution in [3.8, 4) is 5.88 Å². The van der Waals surface area contributed by atoms with Crippen LogP contribution in [-0.2, 0) is 14.9 Å². The van der Waals surface area contributed by atoms with E-state index in [0.29, 0.717) is 28.9 Å². The first-order valence-corrected chi connectivity index (χ1v) is 10.7. The lowest BCUT2D eigenvalue weighted by molar-refractivity contribution is 0.0607. The van der Waals surface area contributed by atoms with E-state index in [1.165, 1.54) is 24.5 Å². The molecular formula is C17H21N3O6S2. The maximum Gasteiger partial charge on any atom is 0.350 e. The Kier molecular flexibility index (Phi) is 6.77. The Hall–Kier alpha value is -2.47. The molecule has 0 radical (unpaired) electrons. The van der Waals surface area contributed by atoms with Gasteiger partial charge in [0.05, 0.1) is 24.6 Å². The van der Waals surface area contributed by atoms with Gasteiger partial charge in [0.15, 0.2) is 0 Å². The van der Waals surface area contributed by atoms with Crippen LogP contribution in [0.2, 0.25) is 0 Å². The summed E-state index contributed by atoms with van der Waals surface area (Å²) in [5.74, 6) is -0.427. The number of nitrogens with zero attached hydrogens (tertiary/aromatic N) is 1. The van der Waals surface area contributed by atoms with Crippen LogP contribution in [0, 0.1) is 0 Å². The van der Waals surface area contributed by atoms with Gasteiger partial charge in [0, 0.05) is 34.1 Å². The van der Waals surface area contributed by atoms with Gasteiger partial charge in [-0.1, -0.05) is 0 Å². The van der Waals surface area contributed by atoms with Gasteiger partial charge in [0.25, 0.3) is 10.1 Å². The quantitative estimate of drug-likeness (QED) is 0.362. The first-order valence-electron chi connectivity index (χ1n) is 8.06. The van der Waals surface area contributed by atoms with E-state index in [-0.39, 0.29) is 11.9 Å². The third kappa shape index (κ3) is 5.52. The van der Waals surface area contributed by atoms with E-state index in [2.05, 4.69) is 10.3 Å². The Balaban J connectivity index is 0.000000500. The maximum absolute atomic E-state index is 12.1. The lowest BCUT2D eigenvalue weighted by Gasteiger charge is -2.11. The van der Waals surface area contributed by atoms with E-state index in [1.54, 1.807) is 6.07 Å². The van der Waals surface area contributed by atoms with Crippen LogP contribution in [0.1, 0.15) is 16.6 Å². The van der Waals surface area contributed by atoms with E-state index in [1.807, 2.05) is 19.1 Å². The predicted octanol–water partition coefficient (Wildman–Crippen LogP) is 2.20. The third-order valence-corrected chi connectivity index (χ3v) is 4.61. The Bertz CT molecular complexity index is 1100. The normalized spacial score (nSPS) is 12.3. The molecule has 0 spiro atoms. The van der Waals surface area contributed by atoms with Crippen LogP contribution < -0.4 is 11.1 Å². The number of nitrogens with two attached hydrogens (primary N) is 1. The summed E-state index contributed by atoms with van der Waals surface area (Å²) in [7, 11) is -2.31. The molecule has 2 aromatic heterocycles. The smallest absolute Gasteiger partial charge is 0.350 e. The van der Waals surface area contributed by atoms with Crippen LogP contribution in [0.3, 0.4) is 0 Å². The number of pyridine rings is 1. The number of esters is 1. The van der Waals surface area contributed by atoms with Crippen molar-refractivity contribution in [2.75, 3.05) is 25.2 Å². The van der Waals surface area contributed by atoms with Gasteiger partial charge in [0.1, 0.15) is 4.88 Å². The van der Waals surface area contributed by atoms with Crippen LogP contribution in [0.4, 0.5) is 5.69 Å². The highest BCUT2D eigenvalue weighted by Crippen LogP contribution is 2.40. The van der Waals surface area contributed by atoms with E-state index in [0.717, 1.165) is 15.5 Å². The van der Waals surface area contributed by atoms with E-state index >= 15 is 0 Å². The molecule has 0 aliphatic heterocycles. The van der Waals surface area contributed by atoms with Crippen molar-refractivity contribution in [3.05, 3.63) is 29.1 Å². The van der Waals surface area contributed by atoms with Crippen LogP contribution in [0.25, 0.3) is 21.0 Å². The minimum Gasteiger partial charge on any atom is -0.493 e. The molecule has 0 amide bonds. The molecule has 11 heteroatoms. The molecule has 2 heterocycles. The molecule has 3 rings (SSSR count). The van der Waals surface area contributed by atoms with Gasteiger partial charge in [-0.2, -0.15) is 8.42 Å². The second-order valence-electron chi connectivity index (χ2n) is 6.06. The van der Waals surface area contributed by atoms with Crippen molar-refractivity contribution >= 4 is 54.1 Å². The van der Waals surface area contributed by atoms with Gasteiger partial charge < -0.3 is 20.9 Å². The minimum absolute atomic E-state index is 0.0367. The third-order valence-electron chi connectivity index (χ3n) is 3.48. The number of carbonyl (C=O) groups is 1. The lowest BCUT2D eigenvalue weighted by atomic mass is 10.1. The molecule has 9 nitrogen and oxygen atoms in total. The van der Waals surface area contributed by atoms with Crippen molar-refractivity contribution in [2.45, 2.75) is 13.0 Å². The van der Waals surface area contributed by atoms with Crippen molar-refractivity contribution in [1.29, 1.82) is 0 Å². The number of benzene rings is 1. The summed E-state index contributed by atoms with van der Waals surface area (Å²) < 4.78 is 31.7. The fourth-order valence-corrected chi connectivity index (χ4v) is 3.57. The van der Waals surface area contributed by atoms with Gasteiger partial charge in [-0.3, -0.25) is 4.55 Å². The summed E-state index contributed by atoms with van der Waals surface area (Å²) >= 11 is 1.36. The van der Waals surface area contributed by atoms with Gasteiger partial charge in [-0.25, -0.2) is 9.78 Å². The molecule has 0 aliphatic carbocycles. The molecule has 5 N–H and O–H groups in total. The number of aromatic nitrogens is 1. The number of nitrogens with one attached hydrogen (secondary N) is 1. The molecule has 152 valence electrons. The van der Waals surface area contributed by atoms with Gasteiger partial charge in [0.2, 0.25) is 5.88 Å². The van der Waals surface area contributed by atoms with Crippen LogP contribution >= 0.6 is 11.3 Å². The number of thiophene rings is 1. The van der Waals surface area contributed by atoms with Gasteiger partial charge in [-0.05, 0) is 25.1 Å². The number of carbonyl (C=O) groups excluding carboxylic acids is 1. The molecule has 0 bridgehead atoms. The van der Waals surface area contributed by atoms with E-state index in [9.17, 15) is 18.3 Å². The van der Waals surface area contributed by atoms with Crippen molar-refractivity contribution in [1.82, 2.24) is 4.98 Å². The number of aromatic hydroxyl groups is 1. The molecule has 0 saturated carbocycles. The number of ether oxygens (including phenoxy) is 1. The molecule has 1 unspecified atom stereocenters. The van der Waals surface area contributed by atoms with Crippen LogP contribution in [0.5, 0.6) is 5.88 Å². The highest BCUT2D eigenvalue weighted by atomic mass is 32.2. The fourth-order valence-electron chi connectivity index (χ4n) is 2.46. The van der Waals surface area contributed by atoms with Crippen molar-refractivity contribution < 1.29 is 27.6 Å². The van der Waals surface area contributed by atoms with Crippen molar-refractivity contribution in [3.63, 3.8) is 0 Å². The fraction of sp³-hybridized carbons (Fsp3) is 0.294. The maximum atomic E-state index is 12.1.